The molecule has 0 aliphatic carbocycles. The number of piperazine rings is 2. The van der Waals surface area contributed by atoms with Crippen LogP contribution < -0.4 is 9.80 Å². The number of anilines is 2. The highest BCUT2D eigenvalue weighted by Gasteiger charge is 2.19. The third-order valence-electron chi connectivity index (χ3n) is 10.3. The molecule has 2 N–H and O–H groups in total. The van der Waals surface area contributed by atoms with Crippen molar-refractivity contribution in [1.82, 2.24) is 9.80 Å². The van der Waals surface area contributed by atoms with E-state index in [-0.39, 0.29) is 43.4 Å². The van der Waals surface area contributed by atoms with Gasteiger partial charge in [-0.1, -0.05) is 48.5 Å². The molecule has 9 heteroatoms. The van der Waals surface area contributed by atoms with Gasteiger partial charge in [-0.2, -0.15) is 0 Å². The van der Waals surface area contributed by atoms with E-state index in [9.17, 15) is 14.4 Å². The Labute approximate surface area is 307 Å². The molecule has 6 rings (SSSR count). The zero-order valence-corrected chi connectivity index (χ0v) is 30.0. The molecule has 52 heavy (non-hydrogen) atoms. The average molecular weight is 703 g/mol. The highest BCUT2D eigenvalue weighted by molar-refractivity contribution is 6.09. The second-order valence-corrected chi connectivity index (χ2v) is 13.8. The number of Topliss-reactive ketones (excluding diaryl/α,β-unsaturated/α-hetero) is 2. The van der Waals surface area contributed by atoms with Crippen LogP contribution in [0.25, 0.3) is 0 Å². The van der Waals surface area contributed by atoms with Crippen LogP contribution in [0.2, 0.25) is 0 Å². The van der Waals surface area contributed by atoms with Gasteiger partial charge in [-0.25, -0.2) is 0 Å². The minimum absolute atomic E-state index is 0.0323. The molecule has 0 radical (unpaired) electrons. The van der Waals surface area contributed by atoms with Crippen molar-refractivity contribution >= 4 is 28.7 Å². The number of hydrogen-bond acceptors (Lipinski definition) is 9. The Hall–Kier alpha value is -4.67. The van der Waals surface area contributed by atoms with Crippen LogP contribution in [0.5, 0.6) is 0 Å². The lowest BCUT2D eigenvalue weighted by Gasteiger charge is -2.36. The molecule has 2 fully saturated rings. The predicted molar refractivity (Wildman–Crippen MR) is 206 cm³/mol. The summed E-state index contributed by atoms with van der Waals surface area (Å²) in [7, 11) is 0. The van der Waals surface area contributed by atoms with Gasteiger partial charge in [0.15, 0.2) is 17.3 Å². The number of carbonyl (C=O) groups is 3. The monoisotopic (exact) mass is 702 g/mol. The minimum Gasteiger partial charge on any atom is -0.396 e. The molecule has 0 amide bonds. The first kappa shape index (κ1) is 37.1. The summed E-state index contributed by atoms with van der Waals surface area (Å²) >= 11 is 0. The molecule has 2 aliphatic rings. The van der Waals surface area contributed by atoms with E-state index in [0.29, 0.717) is 22.3 Å². The maximum absolute atomic E-state index is 13.2. The highest BCUT2D eigenvalue weighted by Crippen LogP contribution is 2.21. The highest BCUT2D eigenvalue weighted by atomic mass is 16.3. The largest absolute Gasteiger partial charge is 0.396 e. The van der Waals surface area contributed by atoms with Gasteiger partial charge in [0.05, 0.1) is 0 Å². The molecule has 0 unspecified atom stereocenters. The number of carbonyl (C=O) groups excluding carboxylic acids is 3. The first-order valence-electron chi connectivity index (χ1n) is 18.6. The van der Waals surface area contributed by atoms with Crippen LogP contribution in [0.1, 0.15) is 60.6 Å². The van der Waals surface area contributed by atoms with Crippen molar-refractivity contribution in [2.75, 3.05) is 88.5 Å². The van der Waals surface area contributed by atoms with Crippen molar-refractivity contribution in [1.29, 1.82) is 0 Å². The van der Waals surface area contributed by atoms with E-state index < -0.39 is 0 Å². The van der Waals surface area contributed by atoms with Gasteiger partial charge in [-0.3, -0.25) is 24.2 Å². The van der Waals surface area contributed by atoms with Gasteiger partial charge in [0.2, 0.25) is 0 Å². The Balaban J connectivity index is 0.962. The number of aliphatic hydroxyl groups is 2. The smallest absolute Gasteiger partial charge is 0.193 e. The molecule has 0 aromatic heterocycles. The molecule has 0 atom stereocenters. The van der Waals surface area contributed by atoms with E-state index in [2.05, 4.69) is 19.6 Å². The van der Waals surface area contributed by atoms with Gasteiger partial charge >= 0.3 is 0 Å². The fourth-order valence-electron chi connectivity index (χ4n) is 7.05. The molecule has 2 heterocycles. The average Bonchev–Trinajstić information content (AvgIpc) is 3.20. The van der Waals surface area contributed by atoms with E-state index in [1.807, 2.05) is 72.8 Å². The Morgan fingerprint density at radius 3 is 1.10 bits per heavy atom. The number of ketones is 3. The van der Waals surface area contributed by atoms with Crippen LogP contribution in [0.3, 0.4) is 0 Å². The molecule has 9 nitrogen and oxygen atoms in total. The van der Waals surface area contributed by atoms with Crippen molar-refractivity contribution < 1.29 is 24.6 Å². The Morgan fingerprint density at radius 1 is 0.442 bits per heavy atom. The quantitative estimate of drug-likeness (QED) is 0.160. The van der Waals surface area contributed by atoms with Crippen LogP contribution in [-0.2, 0) is 12.8 Å². The van der Waals surface area contributed by atoms with Crippen LogP contribution in [0.4, 0.5) is 11.4 Å². The fourth-order valence-corrected chi connectivity index (χ4v) is 7.05. The Bertz CT molecular complexity index is 1630. The second kappa shape index (κ2) is 18.2. The van der Waals surface area contributed by atoms with Gasteiger partial charge in [-0.15, -0.1) is 0 Å². The van der Waals surface area contributed by atoms with Crippen LogP contribution >= 0.6 is 0 Å². The zero-order chi connectivity index (χ0) is 36.3. The summed E-state index contributed by atoms with van der Waals surface area (Å²) in [5.41, 5.74) is 6.36. The SMILES string of the molecule is O=C(Cc1ccc(C(=O)c2ccc(CC(=O)c3ccc(N4CCN(CCCO)CC4)cc3)cc2)cc1)c1ccc(N2CCN(CCCO)CC2)cc1. The zero-order valence-electron chi connectivity index (χ0n) is 30.0. The van der Waals surface area contributed by atoms with Gasteiger partial charge in [0.1, 0.15) is 0 Å². The normalized spacial score (nSPS) is 15.5. The molecule has 0 saturated carbocycles. The van der Waals surface area contributed by atoms with E-state index in [4.69, 9.17) is 10.2 Å². The summed E-state index contributed by atoms with van der Waals surface area (Å²) in [6, 6.07) is 30.1. The summed E-state index contributed by atoms with van der Waals surface area (Å²) in [5, 5.41) is 18.1. The third-order valence-corrected chi connectivity index (χ3v) is 10.3. The molecule has 2 aliphatic heterocycles. The van der Waals surface area contributed by atoms with Gasteiger partial charge in [-0.05, 0) is 72.5 Å². The number of rotatable bonds is 16. The van der Waals surface area contributed by atoms with E-state index in [1.165, 1.54) is 0 Å². The molecule has 272 valence electrons. The molecular formula is C43H50N4O5. The summed E-state index contributed by atoms with van der Waals surface area (Å²) in [6.45, 7) is 9.88. The first-order chi connectivity index (χ1) is 25.4. The summed E-state index contributed by atoms with van der Waals surface area (Å²) in [5.74, 6) is -0.0416. The van der Waals surface area contributed by atoms with Crippen molar-refractivity contribution in [3.05, 3.63) is 130 Å². The lowest BCUT2D eigenvalue weighted by atomic mass is 9.97. The van der Waals surface area contributed by atoms with Crippen molar-refractivity contribution in [2.45, 2.75) is 25.7 Å². The van der Waals surface area contributed by atoms with E-state index in [0.717, 1.165) is 101 Å². The van der Waals surface area contributed by atoms with Crippen molar-refractivity contribution in [2.24, 2.45) is 0 Å². The number of aliphatic hydroxyl groups excluding tert-OH is 2. The van der Waals surface area contributed by atoms with Crippen LogP contribution in [0, 0.1) is 0 Å². The third kappa shape index (κ3) is 9.80. The molecular weight excluding hydrogens is 652 g/mol. The van der Waals surface area contributed by atoms with Gasteiger partial charge < -0.3 is 20.0 Å². The van der Waals surface area contributed by atoms with E-state index in [1.54, 1.807) is 24.3 Å². The Kier molecular flexibility index (Phi) is 13.0. The summed E-state index contributed by atoms with van der Waals surface area (Å²) in [4.78, 5) is 48.8. The lowest BCUT2D eigenvalue weighted by Crippen LogP contribution is -2.46. The van der Waals surface area contributed by atoms with E-state index >= 15 is 0 Å². The number of hydrogen-bond donors (Lipinski definition) is 2. The Morgan fingerprint density at radius 2 is 0.769 bits per heavy atom. The molecule has 2 saturated heterocycles. The summed E-state index contributed by atoms with van der Waals surface area (Å²) in [6.07, 6.45) is 2.12. The molecule has 0 bridgehead atoms. The summed E-state index contributed by atoms with van der Waals surface area (Å²) < 4.78 is 0. The minimum atomic E-state index is -0.106. The van der Waals surface area contributed by atoms with Crippen LogP contribution in [-0.4, -0.2) is 116 Å². The number of nitrogens with zero attached hydrogens (tertiary/aromatic N) is 4. The van der Waals surface area contributed by atoms with Gasteiger partial charge in [0.25, 0.3) is 0 Å². The molecule has 0 spiro atoms. The van der Waals surface area contributed by atoms with Crippen LogP contribution in [0.15, 0.2) is 97.1 Å². The maximum Gasteiger partial charge on any atom is 0.193 e. The predicted octanol–water partition coefficient (Wildman–Crippen LogP) is 4.78. The van der Waals surface area contributed by atoms with Crippen molar-refractivity contribution in [3.8, 4) is 0 Å². The fraction of sp³-hybridized carbons (Fsp3) is 0.372. The van der Waals surface area contributed by atoms with Gasteiger partial charge in [0, 0.05) is 125 Å². The maximum atomic E-state index is 13.2. The molecule has 4 aromatic rings. The lowest BCUT2D eigenvalue weighted by molar-refractivity contribution is 0.0985. The number of benzene rings is 4. The van der Waals surface area contributed by atoms with Crippen molar-refractivity contribution in [3.63, 3.8) is 0 Å². The first-order valence-corrected chi connectivity index (χ1v) is 18.6. The second-order valence-electron chi connectivity index (χ2n) is 13.8. The standard InChI is InChI=1S/C43H50N4O5/c48-29-1-19-44-21-25-46(26-22-44)39-15-11-35(12-16-39)41(50)31-33-3-7-37(8-4-33)43(52)38-9-5-34(6-10-38)32-42(51)36-13-17-40(18-14-36)47-27-23-45(24-28-47)20-2-30-49/h3-18,48-49H,1-2,19-32H2. The topological polar surface area (TPSA) is 105 Å². The molecule has 4 aromatic carbocycles.